The molecule has 152 valence electrons. The van der Waals surface area contributed by atoms with Gasteiger partial charge in [-0.1, -0.05) is 17.7 Å². The normalized spacial score (nSPS) is 16.4. The number of carbonyl (C=O) groups excluding carboxylic acids is 1. The van der Waals surface area contributed by atoms with Gasteiger partial charge in [-0.25, -0.2) is 4.68 Å². The Morgan fingerprint density at radius 1 is 1.21 bits per heavy atom. The summed E-state index contributed by atoms with van der Waals surface area (Å²) in [6.45, 7) is 5.98. The Hall–Kier alpha value is -2.41. The number of rotatable bonds is 3. The number of benzene rings is 1. The fourth-order valence-electron chi connectivity index (χ4n) is 3.60. The van der Waals surface area contributed by atoms with Crippen molar-refractivity contribution in [3.63, 3.8) is 0 Å². The molecule has 6 nitrogen and oxygen atoms in total. The van der Waals surface area contributed by atoms with Crippen LogP contribution in [0.5, 0.6) is 0 Å². The van der Waals surface area contributed by atoms with Crippen LogP contribution < -0.4 is 5.32 Å². The fourth-order valence-corrected chi connectivity index (χ4v) is 3.72. The van der Waals surface area contributed by atoms with E-state index in [4.69, 9.17) is 11.6 Å². The second-order valence-electron chi connectivity index (χ2n) is 6.95. The van der Waals surface area contributed by atoms with E-state index in [1.165, 1.54) is 0 Å². The maximum Gasteiger partial charge on any atom is 0.254 e. The fraction of sp³-hybridized carbons (Fsp3) is 0.286. The molecule has 29 heavy (non-hydrogen) atoms. The largest absolute Gasteiger partial charge is 0.329 e. The third kappa shape index (κ3) is 4.15. The monoisotopic (exact) mass is 431 g/mol. The van der Waals surface area contributed by atoms with Crippen molar-refractivity contribution in [1.29, 1.82) is 0 Å². The Kier molecular flexibility index (Phi) is 6.57. The molecule has 8 heteroatoms. The third-order valence-corrected chi connectivity index (χ3v) is 5.68. The number of amides is 1. The highest BCUT2D eigenvalue weighted by molar-refractivity contribution is 6.31. The molecule has 3 aromatic rings. The van der Waals surface area contributed by atoms with Crippen LogP contribution in [0, 0.1) is 13.8 Å². The van der Waals surface area contributed by atoms with Gasteiger partial charge in [0, 0.05) is 37.6 Å². The highest BCUT2D eigenvalue weighted by Crippen LogP contribution is 2.25. The van der Waals surface area contributed by atoms with Gasteiger partial charge in [0.1, 0.15) is 0 Å². The van der Waals surface area contributed by atoms with Crippen molar-refractivity contribution < 1.29 is 4.79 Å². The number of aromatic nitrogens is 3. The molecule has 0 saturated carbocycles. The first kappa shape index (κ1) is 21.3. The summed E-state index contributed by atoms with van der Waals surface area (Å²) >= 11 is 6.25. The van der Waals surface area contributed by atoms with Crippen LogP contribution in [0.2, 0.25) is 5.02 Å². The number of pyridine rings is 1. The zero-order valence-corrected chi connectivity index (χ0v) is 17.9. The van der Waals surface area contributed by atoms with Gasteiger partial charge in [-0.3, -0.25) is 9.78 Å². The molecule has 1 N–H and O–H groups in total. The topological polar surface area (TPSA) is 63.1 Å². The van der Waals surface area contributed by atoms with Crippen LogP contribution in [0.25, 0.3) is 5.69 Å². The van der Waals surface area contributed by atoms with Crippen LogP contribution >= 0.6 is 24.0 Å². The van der Waals surface area contributed by atoms with Crippen LogP contribution in [0.4, 0.5) is 0 Å². The number of aryl methyl sites for hydroxylation is 1. The van der Waals surface area contributed by atoms with E-state index in [0.29, 0.717) is 17.1 Å². The van der Waals surface area contributed by atoms with Crippen molar-refractivity contribution in [2.45, 2.75) is 19.9 Å². The van der Waals surface area contributed by atoms with E-state index in [0.717, 1.165) is 35.7 Å². The van der Waals surface area contributed by atoms with Gasteiger partial charge in [0.2, 0.25) is 0 Å². The first-order valence-corrected chi connectivity index (χ1v) is 9.68. The van der Waals surface area contributed by atoms with Crippen molar-refractivity contribution in [2.75, 3.05) is 19.6 Å². The number of hydrogen-bond donors (Lipinski definition) is 1. The average Bonchev–Trinajstić information content (AvgIpc) is 3.01. The average molecular weight is 432 g/mol. The molecule has 1 unspecified atom stereocenters. The van der Waals surface area contributed by atoms with Crippen LogP contribution in [0.1, 0.15) is 33.4 Å². The minimum absolute atomic E-state index is 0. The summed E-state index contributed by atoms with van der Waals surface area (Å²) in [5.41, 5.74) is 4.26. The van der Waals surface area contributed by atoms with Crippen molar-refractivity contribution >= 4 is 29.9 Å². The Morgan fingerprint density at radius 3 is 2.59 bits per heavy atom. The quantitative estimate of drug-likeness (QED) is 0.685. The molecule has 1 atom stereocenters. The van der Waals surface area contributed by atoms with Crippen molar-refractivity contribution in [1.82, 2.24) is 25.0 Å². The van der Waals surface area contributed by atoms with E-state index in [9.17, 15) is 4.79 Å². The minimum Gasteiger partial charge on any atom is -0.329 e. The molecule has 1 aliphatic heterocycles. The molecule has 1 aliphatic rings. The minimum atomic E-state index is -0.0237. The molecule has 0 aliphatic carbocycles. The smallest absolute Gasteiger partial charge is 0.254 e. The van der Waals surface area contributed by atoms with Crippen molar-refractivity contribution in [3.05, 3.63) is 76.3 Å². The van der Waals surface area contributed by atoms with E-state index in [-0.39, 0.29) is 24.4 Å². The summed E-state index contributed by atoms with van der Waals surface area (Å²) in [5, 5.41) is 8.51. The third-order valence-electron chi connectivity index (χ3n) is 5.14. The van der Waals surface area contributed by atoms with Gasteiger partial charge in [0.25, 0.3) is 5.91 Å². The molecule has 0 spiro atoms. The molecular formula is C21H23Cl2N5O. The highest BCUT2D eigenvalue weighted by Gasteiger charge is 2.28. The molecule has 1 aromatic carbocycles. The molecule has 2 aromatic heterocycles. The van der Waals surface area contributed by atoms with Gasteiger partial charge in [0.05, 0.1) is 28.1 Å². The van der Waals surface area contributed by atoms with Gasteiger partial charge in [-0.2, -0.15) is 5.10 Å². The summed E-state index contributed by atoms with van der Waals surface area (Å²) < 4.78 is 1.80. The van der Waals surface area contributed by atoms with Crippen molar-refractivity contribution in [3.8, 4) is 5.69 Å². The lowest BCUT2D eigenvalue weighted by atomic mass is 10.0. The summed E-state index contributed by atoms with van der Waals surface area (Å²) in [6, 6.07) is 11.4. The molecule has 1 fully saturated rings. The first-order chi connectivity index (χ1) is 13.6. The number of nitrogens with one attached hydrogen (secondary N) is 1. The predicted molar refractivity (Wildman–Crippen MR) is 116 cm³/mol. The Morgan fingerprint density at radius 2 is 1.97 bits per heavy atom. The molecule has 0 radical (unpaired) electrons. The number of carbonyl (C=O) groups is 1. The summed E-state index contributed by atoms with van der Waals surface area (Å²) in [7, 11) is 0. The Labute approximate surface area is 181 Å². The second-order valence-corrected chi connectivity index (χ2v) is 7.33. The predicted octanol–water partition coefficient (Wildman–Crippen LogP) is 3.75. The van der Waals surface area contributed by atoms with Gasteiger partial charge in [0.15, 0.2) is 0 Å². The van der Waals surface area contributed by atoms with Gasteiger partial charge >= 0.3 is 0 Å². The molecule has 1 saturated heterocycles. The van der Waals surface area contributed by atoms with E-state index >= 15 is 0 Å². The standard InChI is InChI=1S/C21H22ClN5O.ClH/c1-14-20(22)15(2)27(25-14)18-7-5-16(6-8-18)21(28)26-11-10-24-13-19(26)17-4-3-9-23-12-17;/h3-9,12,19,24H,10-11,13H2,1-2H3;1H. The molecular weight excluding hydrogens is 409 g/mol. The molecule has 4 rings (SSSR count). The zero-order chi connectivity index (χ0) is 19.7. The zero-order valence-electron chi connectivity index (χ0n) is 16.3. The van der Waals surface area contributed by atoms with E-state index < -0.39 is 0 Å². The maximum absolute atomic E-state index is 13.2. The Balaban J connectivity index is 0.00000240. The molecule has 0 bridgehead atoms. The first-order valence-electron chi connectivity index (χ1n) is 9.30. The lowest BCUT2D eigenvalue weighted by Crippen LogP contribution is -2.48. The van der Waals surface area contributed by atoms with E-state index in [1.54, 1.807) is 10.9 Å². The van der Waals surface area contributed by atoms with Crippen LogP contribution in [-0.4, -0.2) is 45.2 Å². The van der Waals surface area contributed by atoms with E-state index in [2.05, 4.69) is 15.4 Å². The maximum atomic E-state index is 13.2. The number of nitrogens with zero attached hydrogens (tertiary/aromatic N) is 4. The SMILES string of the molecule is Cc1nn(-c2ccc(C(=O)N3CCNCC3c3cccnc3)cc2)c(C)c1Cl.Cl. The molecule has 1 amide bonds. The summed E-state index contributed by atoms with van der Waals surface area (Å²) in [4.78, 5) is 19.3. The Bertz CT molecular complexity index is 988. The van der Waals surface area contributed by atoms with Gasteiger partial charge in [-0.15, -0.1) is 12.4 Å². The number of halogens is 2. The highest BCUT2D eigenvalue weighted by atomic mass is 35.5. The second kappa shape index (κ2) is 8.95. The summed E-state index contributed by atoms with van der Waals surface area (Å²) in [5.74, 6) is 0.0216. The van der Waals surface area contributed by atoms with Crippen LogP contribution in [-0.2, 0) is 0 Å². The van der Waals surface area contributed by atoms with Crippen LogP contribution in [0.3, 0.4) is 0 Å². The lowest BCUT2D eigenvalue weighted by Gasteiger charge is -2.36. The molecule has 3 heterocycles. The van der Waals surface area contributed by atoms with Crippen molar-refractivity contribution in [2.24, 2.45) is 0 Å². The van der Waals surface area contributed by atoms with Crippen LogP contribution in [0.15, 0.2) is 48.8 Å². The van der Waals surface area contributed by atoms with E-state index in [1.807, 2.05) is 61.3 Å². The number of piperazine rings is 1. The lowest BCUT2D eigenvalue weighted by molar-refractivity contribution is 0.0634. The summed E-state index contributed by atoms with van der Waals surface area (Å²) in [6.07, 6.45) is 3.57. The van der Waals surface area contributed by atoms with Gasteiger partial charge in [-0.05, 0) is 49.7 Å². The number of hydrogen-bond acceptors (Lipinski definition) is 4. The van der Waals surface area contributed by atoms with Gasteiger partial charge < -0.3 is 10.2 Å².